The van der Waals surface area contributed by atoms with Crippen molar-refractivity contribution in [2.24, 2.45) is 0 Å². The molecule has 0 radical (unpaired) electrons. The number of fused-ring (bicyclic) bond motifs is 2. The van der Waals surface area contributed by atoms with Crippen LogP contribution < -0.4 is 16.3 Å². The van der Waals surface area contributed by atoms with E-state index in [0.29, 0.717) is 16.2 Å². The van der Waals surface area contributed by atoms with Crippen LogP contribution in [0.4, 0.5) is 4.79 Å². The molecular weight excluding hydrogens is 614 g/mol. The fourth-order valence-electron chi connectivity index (χ4n) is 5.07. The van der Waals surface area contributed by atoms with Crippen molar-refractivity contribution >= 4 is 58.4 Å². The minimum Gasteiger partial charge on any atom is -0.508 e. The number of aromatic amines is 2. The topological polar surface area (TPSA) is 228 Å². The maximum absolute atomic E-state index is 13.7. The number of rotatable bonds is 8. The van der Waals surface area contributed by atoms with Crippen LogP contribution in [0.15, 0.2) is 69.8 Å². The van der Waals surface area contributed by atoms with E-state index in [1.165, 1.54) is 47.8 Å². The summed E-state index contributed by atoms with van der Waals surface area (Å²) in [7, 11) is 0. The summed E-state index contributed by atoms with van der Waals surface area (Å²) in [6.45, 7) is 1.77. The van der Waals surface area contributed by atoms with Gasteiger partial charge in [0.05, 0.1) is 11.0 Å². The molecule has 6 N–H and O–H groups in total. The third kappa shape index (κ3) is 5.17. The number of phenolic OH excluding ortho intramolecular Hbond substituents is 1. The van der Waals surface area contributed by atoms with Gasteiger partial charge in [0.2, 0.25) is 11.1 Å². The lowest BCUT2D eigenvalue weighted by atomic mass is 10.00. The van der Waals surface area contributed by atoms with Gasteiger partial charge in [-0.05, 0) is 47.5 Å². The fraction of sp³-hybridized carbons (Fsp3) is 0.231. The molecule has 3 amide bonds. The molecule has 4 atom stereocenters. The number of β-lactam (4-membered cyclic amide) rings is 1. The van der Waals surface area contributed by atoms with Crippen LogP contribution >= 0.6 is 23.5 Å². The number of phenols is 1. The molecule has 2 aromatic carbocycles. The largest absolute Gasteiger partial charge is 0.508 e. The number of benzene rings is 2. The second-order valence-electron chi connectivity index (χ2n) is 9.79. The Labute approximate surface area is 255 Å². The number of hydrogen-bond acceptors (Lipinski definition) is 11. The average molecular weight is 638 g/mol. The predicted molar refractivity (Wildman–Crippen MR) is 157 cm³/mol. The molecule has 2 aliphatic heterocycles. The third-order valence-corrected chi connectivity index (χ3v) is 9.45. The Bertz CT molecular complexity index is 1890. The number of carboxylic acids is 1. The van der Waals surface area contributed by atoms with Gasteiger partial charge in [0.15, 0.2) is 0 Å². The number of carbonyl (C=O) groups excluding carboxylic acids is 3. The van der Waals surface area contributed by atoms with Gasteiger partial charge in [-0.2, -0.15) is 5.21 Å². The quantitative estimate of drug-likeness (QED) is 0.116. The van der Waals surface area contributed by atoms with Crippen molar-refractivity contribution in [3.05, 3.63) is 75.8 Å². The first-order chi connectivity index (χ1) is 21.1. The average Bonchev–Trinajstić information content (AvgIpc) is 3.64. The molecule has 4 aromatic rings. The number of carbonyl (C=O) groups is 4. The molecule has 226 valence electrons. The van der Waals surface area contributed by atoms with Crippen molar-refractivity contribution in [1.29, 1.82) is 0 Å². The maximum atomic E-state index is 13.7. The third-order valence-electron chi connectivity index (χ3n) is 7.12. The van der Waals surface area contributed by atoms with Crippen molar-refractivity contribution < 1.29 is 29.4 Å². The summed E-state index contributed by atoms with van der Waals surface area (Å²) >= 11 is 2.46. The molecule has 0 spiro atoms. The number of amides is 3. The number of nitrogens with one attached hydrogen (secondary N) is 4. The van der Waals surface area contributed by atoms with Crippen LogP contribution in [0.2, 0.25) is 0 Å². The molecular formula is C26H23N9O7S2. The molecule has 2 aliphatic rings. The summed E-state index contributed by atoms with van der Waals surface area (Å²) in [6.07, 6.45) is 0. The van der Waals surface area contributed by atoms with Gasteiger partial charge >= 0.3 is 17.7 Å². The molecule has 4 heterocycles. The number of thioether (sulfide) groups is 2. The van der Waals surface area contributed by atoms with Crippen molar-refractivity contribution in [3.8, 4) is 5.75 Å². The van der Waals surface area contributed by atoms with Gasteiger partial charge in [-0.1, -0.05) is 36.0 Å². The molecule has 1 saturated heterocycles. The SMILES string of the molecule is CC(Sc1nn[nH]n1)C1=C(C(=O)O)N2C(=O)C(NC(=O)C(NC(=O)n3c(=O)[nH]c4ccccc43)c3cccc(O)c3)[C@@H]2SC1. The van der Waals surface area contributed by atoms with Crippen LogP contribution in [0.25, 0.3) is 11.0 Å². The van der Waals surface area contributed by atoms with Crippen LogP contribution in [-0.2, 0) is 14.4 Å². The fourth-order valence-corrected chi connectivity index (χ4v) is 7.48. The van der Waals surface area contributed by atoms with E-state index in [1.54, 1.807) is 31.2 Å². The number of carboxylic acid groups (broad SMARTS) is 1. The van der Waals surface area contributed by atoms with Gasteiger partial charge < -0.3 is 25.8 Å². The second-order valence-corrected chi connectivity index (χ2v) is 12.2. The van der Waals surface area contributed by atoms with E-state index in [1.807, 2.05) is 0 Å². The Morgan fingerprint density at radius 3 is 2.68 bits per heavy atom. The Balaban J connectivity index is 1.24. The second kappa shape index (κ2) is 11.5. The molecule has 0 aliphatic carbocycles. The summed E-state index contributed by atoms with van der Waals surface area (Å²) in [5.41, 5.74) is 0.461. The minimum atomic E-state index is -1.43. The molecule has 0 saturated carbocycles. The van der Waals surface area contributed by atoms with Crippen molar-refractivity contribution in [3.63, 3.8) is 0 Å². The number of imidazole rings is 1. The van der Waals surface area contributed by atoms with Crippen LogP contribution in [0, 0.1) is 0 Å². The highest BCUT2D eigenvalue weighted by Crippen LogP contribution is 2.43. The zero-order chi connectivity index (χ0) is 31.1. The summed E-state index contributed by atoms with van der Waals surface area (Å²) in [5.74, 6) is -2.66. The van der Waals surface area contributed by atoms with Gasteiger partial charge in [-0.3, -0.25) is 14.5 Å². The summed E-state index contributed by atoms with van der Waals surface area (Å²) in [6, 6.07) is 8.68. The van der Waals surface area contributed by atoms with Gasteiger partial charge in [-0.15, -0.1) is 22.0 Å². The molecule has 3 unspecified atom stereocenters. The smallest absolute Gasteiger partial charge is 0.352 e. The lowest BCUT2D eigenvalue weighted by Gasteiger charge is -2.50. The molecule has 16 nitrogen and oxygen atoms in total. The summed E-state index contributed by atoms with van der Waals surface area (Å²) in [5, 5.41) is 38.0. The molecule has 2 aromatic heterocycles. The predicted octanol–water partition coefficient (Wildman–Crippen LogP) is 0.767. The number of aliphatic carboxylic acids is 1. The van der Waals surface area contributed by atoms with E-state index in [4.69, 9.17) is 0 Å². The monoisotopic (exact) mass is 637 g/mol. The van der Waals surface area contributed by atoms with Crippen LogP contribution in [0.5, 0.6) is 5.75 Å². The van der Waals surface area contributed by atoms with E-state index < -0.39 is 52.2 Å². The number of tetrazole rings is 1. The number of aromatic nitrogens is 6. The molecule has 0 bridgehead atoms. The summed E-state index contributed by atoms with van der Waals surface area (Å²) < 4.78 is 0.838. The van der Waals surface area contributed by atoms with E-state index in [9.17, 15) is 34.2 Å². The lowest BCUT2D eigenvalue weighted by molar-refractivity contribution is -0.151. The Morgan fingerprint density at radius 1 is 1.16 bits per heavy atom. The number of hydrogen-bond donors (Lipinski definition) is 6. The first kappa shape index (κ1) is 29.0. The standard InChI is InChI=1S/C26H23N9O7S2/c1-11(44-24-30-32-33-31-24)14-10-43-22-18(21(38)35(22)19(14)23(39)40)28-20(37)17(12-5-4-6-13(36)9-12)29-26(42)34-16-8-3-2-7-15(16)27-25(34)41/h2-9,11,17-18,22,36H,10H2,1H3,(H,27,41)(H,28,37)(H,29,42)(H,39,40)(H,30,31,32,33)/t11?,17?,18?,22-/m0/s1. The van der Waals surface area contributed by atoms with E-state index >= 15 is 0 Å². The number of nitrogens with zero attached hydrogens (tertiary/aromatic N) is 5. The van der Waals surface area contributed by atoms with Crippen LogP contribution in [0.1, 0.15) is 18.5 Å². The van der Waals surface area contributed by atoms with Crippen molar-refractivity contribution in [2.45, 2.75) is 34.8 Å². The number of aromatic hydroxyl groups is 1. The minimum absolute atomic E-state index is 0.177. The number of H-pyrrole nitrogens is 2. The molecule has 18 heteroatoms. The van der Waals surface area contributed by atoms with Gasteiger partial charge in [0.25, 0.3) is 5.91 Å². The van der Waals surface area contributed by atoms with Gasteiger partial charge in [0, 0.05) is 11.0 Å². The first-order valence-corrected chi connectivity index (χ1v) is 15.0. The Hall–Kier alpha value is -5.10. The van der Waals surface area contributed by atoms with Crippen LogP contribution in [0.3, 0.4) is 0 Å². The zero-order valence-electron chi connectivity index (χ0n) is 22.6. The number of para-hydroxylation sites is 2. The van der Waals surface area contributed by atoms with Crippen molar-refractivity contribution in [1.82, 2.24) is 45.7 Å². The maximum Gasteiger partial charge on any atom is 0.352 e. The van der Waals surface area contributed by atoms with Gasteiger partial charge in [0.1, 0.15) is 28.9 Å². The highest BCUT2D eigenvalue weighted by molar-refractivity contribution is 8.01. The normalized spacial score (nSPS) is 19.2. The zero-order valence-corrected chi connectivity index (χ0v) is 24.3. The highest BCUT2D eigenvalue weighted by Gasteiger charge is 2.55. The molecule has 44 heavy (non-hydrogen) atoms. The van der Waals surface area contributed by atoms with Gasteiger partial charge in [-0.25, -0.2) is 19.0 Å². The van der Waals surface area contributed by atoms with E-state index in [2.05, 4.69) is 36.2 Å². The van der Waals surface area contributed by atoms with Crippen LogP contribution in [-0.4, -0.2) is 91.5 Å². The van der Waals surface area contributed by atoms with E-state index in [0.717, 1.165) is 9.47 Å². The van der Waals surface area contributed by atoms with Crippen molar-refractivity contribution in [2.75, 3.05) is 5.75 Å². The first-order valence-electron chi connectivity index (χ1n) is 13.0. The Kier molecular flexibility index (Phi) is 7.60. The molecule has 6 rings (SSSR count). The Morgan fingerprint density at radius 2 is 1.95 bits per heavy atom. The summed E-state index contributed by atoms with van der Waals surface area (Å²) in [4.78, 5) is 68.9. The van der Waals surface area contributed by atoms with E-state index in [-0.39, 0.29) is 28.3 Å². The highest BCUT2D eigenvalue weighted by atomic mass is 32.2. The molecule has 1 fully saturated rings. The lowest BCUT2D eigenvalue weighted by Crippen LogP contribution is -2.71.